The van der Waals surface area contributed by atoms with Crippen molar-refractivity contribution in [2.24, 2.45) is 0 Å². The summed E-state index contributed by atoms with van der Waals surface area (Å²) in [4.78, 5) is 24.0. The second-order valence-corrected chi connectivity index (χ2v) is 2.42. The van der Waals surface area contributed by atoms with Gasteiger partial charge in [0.05, 0.1) is 14.2 Å². The van der Waals surface area contributed by atoms with E-state index in [0.29, 0.717) is 0 Å². The predicted octanol–water partition coefficient (Wildman–Crippen LogP) is 0.508. The van der Waals surface area contributed by atoms with Crippen LogP contribution in [0.15, 0.2) is 6.07 Å². The maximum absolute atomic E-state index is 11.1. The number of aromatic amines is 1. The van der Waals surface area contributed by atoms with Crippen molar-refractivity contribution in [1.29, 1.82) is 0 Å². The molecule has 14 heavy (non-hydrogen) atoms. The van der Waals surface area contributed by atoms with E-state index in [2.05, 4.69) is 9.72 Å². The molecule has 1 rings (SSSR count). The van der Waals surface area contributed by atoms with E-state index in [0.717, 1.165) is 0 Å². The Kier molecular flexibility index (Phi) is 2.76. The van der Waals surface area contributed by atoms with Crippen LogP contribution in [0.4, 0.5) is 0 Å². The summed E-state index contributed by atoms with van der Waals surface area (Å²) >= 11 is 0. The molecule has 0 unspecified atom stereocenters. The summed E-state index contributed by atoms with van der Waals surface area (Å²) in [6.07, 6.45) is 0. The first-order valence-electron chi connectivity index (χ1n) is 3.68. The zero-order chi connectivity index (χ0) is 10.7. The van der Waals surface area contributed by atoms with Crippen LogP contribution >= 0.6 is 0 Å². The van der Waals surface area contributed by atoms with Crippen molar-refractivity contribution in [3.8, 4) is 5.75 Å². The van der Waals surface area contributed by atoms with Crippen LogP contribution in [0.1, 0.15) is 21.0 Å². The maximum Gasteiger partial charge on any atom is 0.358 e. The smallest absolute Gasteiger partial charge is 0.358 e. The van der Waals surface area contributed by atoms with Crippen molar-refractivity contribution in [3.05, 3.63) is 17.5 Å². The van der Waals surface area contributed by atoms with E-state index in [4.69, 9.17) is 9.84 Å². The number of aromatic carboxylic acids is 1. The summed E-state index contributed by atoms with van der Waals surface area (Å²) < 4.78 is 9.23. The van der Waals surface area contributed by atoms with Gasteiger partial charge in [0.25, 0.3) is 0 Å². The molecule has 0 saturated heterocycles. The van der Waals surface area contributed by atoms with Gasteiger partial charge in [-0.05, 0) is 0 Å². The van der Waals surface area contributed by atoms with E-state index < -0.39 is 11.9 Å². The third-order valence-electron chi connectivity index (χ3n) is 1.62. The van der Waals surface area contributed by atoms with E-state index >= 15 is 0 Å². The molecule has 0 radical (unpaired) electrons. The van der Waals surface area contributed by atoms with E-state index in [1.165, 1.54) is 20.3 Å². The molecule has 0 aliphatic carbocycles. The van der Waals surface area contributed by atoms with Gasteiger partial charge in [-0.2, -0.15) is 0 Å². The highest BCUT2D eigenvalue weighted by Crippen LogP contribution is 2.20. The molecule has 6 heteroatoms. The summed E-state index contributed by atoms with van der Waals surface area (Å²) in [7, 11) is 2.53. The van der Waals surface area contributed by atoms with Crippen molar-refractivity contribution < 1.29 is 24.2 Å². The van der Waals surface area contributed by atoms with Gasteiger partial charge in [-0.3, -0.25) is 0 Å². The van der Waals surface area contributed by atoms with Crippen LogP contribution in [0, 0.1) is 0 Å². The molecular weight excluding hydrogens is 190 g/mol. The van der Waals surface area contributed by atoms with Crippen LogP contribution in [0.2, 0.25) is 0 Å². The molecule has 0 bridgehead atoms. The molecule has 0 spiro atoms. The largest absolute Gasteiger partial charge is 0.494 e. The number of hydrogen-bond donors (Lipinski definition) is 2. The second kappa shape index (κ2) is 3.82. The molecule has 1 heterocycles. The number of carboxylic acids is 1. The molecule has 0 aromatic carbocycles. The van der Waals surface area contributed by atoms with E-state index in [1.807, 2.05) is 0 Å². The van der Waals surface area contributed by atoms with E-state index in [1.54, 1.807) is 0 Å². The average molecular weight is 199 g/mol. The van der Waals surface area contributed by atoms with E-state index in [9.17, 15) is 9.59 Å². The highest BCUT2D eigenvalue weighted by atomic mass is 16.5. The van der Waals surface area contributed by atoms with Gasteiger partial charge in [-0.1, -0.05) is 0 Å². The fourth-order valence-corrected chi connectivity index (χ4v) is 0.965. The fourth-order valence-electron chi connectivity index (χ4n) is 0.965. The Balaban J connectivity index is 3.15. The van der Waals surface area contributed by atoms with Gasteiger partial charge in [0.15, 0.2) is 11.4 Å². The highest BCUT2D eigenvalue weighted by Gasteiger charge is 2.19. The first-order valence-corrected chi connectivity index (χ1v) is 3.68. The van der Waals surface area contributed by atoms with Crippen LogP contribution in [-0.2, 0) is 4.74 Å². The second-order valence-electron chi connectivity index (χ2n) is 2.42. The molecule has 0 fully saturated rings. The Labute approximate surface area is 79.4 Å². The third-order valence-corrected chi connectivity index (χ3v) is 1.62. The molecule has 0 saturated carbocycles. The topological polar surface area (TPSA) is 88.6 Å². The average Bonchev–Trinajstić information content (AvgIpc) is 2.60. The zero-order valence-electron chi connectivity index (χ0n) is 7.66. The first kappa shape index (κ1) is 10.1. The molecule has 0 amide bonds. The summed E-state index contributed by atoms with van der Waals surface area (Å²) in [6, 6.07) is 1.22. The number of methoxy groups -OCH3 is 2. The lowest BCUT2D eigenvalue weighted by molar-refractivity contribution is 0.0591. The predicted molar refractivity (Wildman–Crippen MR) is 45.6 cm³/mol. The number of carbonyl (C=O) groups excluding carboxylic acids is 1. The standard InChI is InChI=1S/C8H9NO5/c1-13-5-3-4(7(10)11)9-6(5)8(12)14-2/h3,9H,1-2H3,(H,10,11). The van der Waals surface area contributed by atoms with Gasteiger partial charge in [0.1, 0.15) is 5.69 Å². The quantitative estimate of drug-likeness (QED) is 0.692. The molecular formula is C8H9NO5. The molecule has 1 aromatic rings. The number of nitrogens with one attached hydrogen (secondary N) is 1. The molecule has 76 valence electrons. The first-order chi connectivity index (χ1) is 6.60. The molecule has 1 aromatic heterocycles. The number of ether oxygens (including phenoxy) is 2. The summed E-state index contributed by atoms with van der Waals surface area (Å²) in [5.41, 5.74) is -0.130. The SMILES string of the molecule is COC(=O)c1[nH]c(C(=O)O)cc1OC. The van der Waals surface area contributed by atoms with E-state index in [-0.39, 0.29) is 17.1 Å². The van der Waals surface area contributed by atoms with Crippen molar-refractivity contribution in [2.45, 2.75) is 0 Å². The van der Waals surface area contributed by atoms with Gasteiger partial charge in [0, 0.05) is 6.07 Å². The Morgan fingerprint density at radius 2 is 2.07 bits per heavy atom. The van der Waals surface area contributed by atoms with Crippen molar-refractivity contribution >= 4 is 11.9 Å². The Bertz CT molecular complexity index is 368. The number of carbonyl (C=O) groups is 2. The van der Waals surface area contributed by atoms with Crippen molar-refractivity contribution in [1.82, 2.24) is 4.98 Å². The molecule has 0 aliphatic rings. The van der Waals surface area contributed by atoms with Gasteiger partial charge in [0.2, 0.25) is 0 Å². The number of H-pyrrole nitrogens is 1. The van der Waals surface area contributed by atoms with Crippen molar-refractivity contribution in [3.63, 3.8) is 0 Å². The number of hydrogen-bond acceptors (Lipinski definition) is 4. The molecule has 2 N–H and O–H groups in total. The van der Waals surface area contributed by atoms with Gasteiger partial charge >= 0.3 is 11.9 Å². The third kappa shape index (κ3) is 1.68. The number of rotatable bonds is 3. The Hall–Kier alpha value is -1.98. The molecule has 0 aliphatic heterocycles. The molecule has 6 nitrogen and oxygen atoms in total. The minimum absolute atomic E-state index is 0.00704. The Morgan fingerprint density at radius 3 is 2.50 bits per heavy atom. The number of esters is 1. The highest BCUT2D eigenvalue weighted by molar-refractivity contribution is 5.94. The number of aromatic nitrogens is 1. The van der Waals surface area contributed by atoms with Crippen LogP contribution in [-0.4, -0.2) is 36.2 Å². The van der Waals surface area contributed by atoms with Crippen molar-refractivity contribution in [2.75, 3.05) is 14.2 Å². The fraction of sp³-hybridized carbons (Fsp3) is 0.250. The van der Waals surface area contributed by atoms with Crippen LogP contribution in [0.5, 0.6) is 5.75 Å². The lowest BCUT2D eigenvalue weighted by atomic mass is 10.4. The summed E-state index contributed by atoms with van der Waals surface area (Å²) in [6.45, 7) is 0. The van der Waals surface area contributed by atoms with Crippen LogP contribution in [0.25, 0.3) is 0 Å². The van der Waals surface area contributed by atoms with Gasteiger partial charge in [-0.15, -0.1) is 0 Å². The normalized spacial score (nSPS) is 9.57. The Morgan fingerprint density at radius 1 is 1.43 bits per heavy atom. The van der Waals surface area contributed by atoms with Crippen LogP contribution < -0.4 is 4.74 Å². The minimum Gasteiger partial charge on any atom is -0.494 e. The lowest BCUT2D eigenvalue weighted by Crippen LogP contribution is -2.04. The maximum atomic E-state index is 11.1. The zero-order valence-corrected chi connectivity index (χ0v) is 7.66. The monoisotopic (exact) mass is 199 g/mol. The van der Waals surface area contributed by atoms with Crippen LogP contribution in [0.3, 0.4) is 0 Å². The lowest BCUT2D eigenvalue weighted by Gasteiger charge is -1.98. The molecule has 0 atom stereocenters. The van der Waals surface area contributed by atoms with Gasteiger partial charge in [-0.25, -0.2) is 9.59 Å². The summed E-state index contributed by atoms with van der Waals surface area (Å²) in [5, 5.41) is 8.63. The minimum atomic E-state index is -1.17. The van der Waals surface area contributed by atoms with Gasteiger partial charge < -0.3 is 19.6 Å². The number of carboxylic acid groups (broad SMARTS) is 1. The summed E-state index contributed by atoms with van der Waals surface area (Å²) in [5.74, 6) is -1.69.